The molecule has 1 amide bonds. The molecule has 2 rings (SSSR count). The minimum absolute atomic E-state index is 0.156. The van der Waals surface area contributed by atoms with Gasteiger partial charge in [0.25, 0.3) is 5.91 Å². The number of hydrazone groups is 1. The van der Waals surface area contributed by atoms with Gasteiger partial charge in [0, 0.05) is 11.8 Å². The minimum atomic E-state index is -4.36. The third-order valence-electron chi connectivity index (χ3n) is 2.47. The van der Waals surface area contributed by atoms with E-state index in [4.69, 9.17) is 0 Å². The van der Waals surface area contributed by atoms with Crippen LogP contribution in [-0.4, -0.2) is 28.1 Å². The Hall–Kier alpha value is -2.71. The fourth-order valence-corrected chi connectivity index (χ4v) is 1.54. The number of amides is 1. The minimum Gasteiger partial charge on any atom is -0.267 e. The molecule has 0 aliphatic rings. The Kier molecular flexibility index (Phi) is 4.54. The Morgan fingerprint density at radius 3 is 2.59 bits per heavy atom. The van der Waals surface area contributed by atoms with Gasteiger partial charge in [-0.1, -0.05) is 0 Å². The van der Waals surface area contributed by atoms with Crippen molar-refractivity contribution in [2.24, 2.45) is 5.10 Å². The van der Waals surface area contributed by atoms with Crippen LogP contribution in [0.1, 0.15) is 16.1 Å². The van der Waals surface area contributed by atoms with Crippen molar-refractivity contribution in [2.45, 2.75) is 12.7 Å². The van der Waals surface area contributed by atoms with Crippen molar-refractivity contribution in [3.05, 3.63) is 53.6 Å². The van der Waals surface area contributed by atoms with E-state index < -0.39 is 24.4 Å². The highest BCUT2D eigenvalue weighted by molar-refractivity contribution is 5.94. The molecule has 0 aliphatic carbocycles. The van der Waals surface area contributed by atoms with Crippen LogP contribution in [0.3, 0.4) is 0 Å². The first-order valence-electron chi connectivity index (χ1n) is 6.03. The summed E-state index contributed by atoms with van der Waals surface area (Å²) < 4.78 is 49.8. The smallest absolute Gasteiger partial charge is 0.267 e. The lowest BCUT2D eigenvalue weighted by Crippen LogP contribution is -2.18. The number of hydrogen-bond acceptors (Lipinski definition) is 3. The monoisotopic (exact) mass is 314 g/mol. The molecule has 22 heavy (non-hydrogen) atoms. The fourth-order valence-electron chi connectivity index (χ4n) is 1.54. The molecule has 1 aromatic carbocycles. The first-order valence-corrected chi connectivity index (χ1v) is 6.03. The van der Waals surface area contributed by atoms with E-state index in [9.17, 15) is 22.4 Å². The average molecular weight is 314 g/mol. The highest BCUT2D eigenvalue weighted by Gasteiger charge is 2.28. The summed E-state index contributed by atoms with van der Waals surface area (Å²) in [5, 5.41) is 7.20. The van der Waals surface area contributed by atoms with Crippen LogP contribution in [0.15, 0.2) is 41.6 Å². The van der Waals surface area contributed by atoms with Gasteiger partial charge in [-0.15, -0.1) is 0 Å². The Morgan fingerprint density at radius 1 is 1.27 bits per heavy atom. The maximum Gasteiger partial charge on any atom is 0.408 e. The Labute approximate surface area is 122 Å². The standard InChI is InChI=1S/C13H10F4N4O/c14-10-3-1-9(2-4-10)12(22)19-18-7-11-5-6-21(20-11)8-13(15,16)17/h1-7H,8H2,(H,19,22). The van der Waals surface area contributed by atoms with Crippen molar-refractivity contribution in [1.82, 2.24) is 15.2 Å². The van der Waals surface area contributed by atoms with Crippen LogP contribution in [0.25, 0.3) is 0 Å². The second-order valence-electron chi connectivity index (χ2n) is 4.26. The molecule has 0 bridgehead atoms. The van der Waals surface area contributed by atoms with E-state index in [1.807, 2.05) is 0 Å². The van der Waals surface area contributed by atoms with Crippen LogP contribution in [0, 0.1) is 5.82 Å². The Balaban J connectivity index is 1.92. The van der Waals surface area contributed by atoms with Crippen LogP contribution < -0.4 is 5.43 Å². The zero-order chi connectivity index (χ0) is 16.2. The molecule has 0 saturated heterocycles. The predicted octanol–water partition coefficient (Wildman–Crippen LogP) is 2.35. The summed E-state index contributed by atoms with van der Waals surface area (Å²) >= 11 is 0. The number of carbonyl (C=O) groups is 1. The second kappa shape index (κ2) is 6.37. The van der Waals surface area contributed by atoms with Gasteiger partial charge in [-0.2, -0.15) is 23.4 Å². The van der Waals surface area contributed by atoms with E-state index in [0.29, 0.717) is 4.68 Å². The molecular weight excluding hydrogens is 304 g/mol. The fraction of sp³-hybridized carbons (Fsp3) is 0.154. The maximum absolute atomic E-state index is 12.7. The topological polar surface area (TPSA) is 59.3 Å². The third kappa shape index (κ3) is 4.69. The number of alkyl halides is 3. The van der Waals surface area contributed by atoms with E-state index in [0.717, 1.165) is 24.5 Å². The summed E-state index contributed by atoms with van der Waals surface area (Å²) in [7, 11) is 0. The molecule has 1 N–H and O–H groups in total. The van der Waals surface area contributed by atoms with Crippen molar-refractivity contribution >= 4 is 12.1 Å². The molecule has 0 saturated carbocycles. The molecule has 0 unspecified atom stereocenters. The van der Waals surface area contributed by atoms with Crippen LogP contribution in [0.2, 0.25) is 0 Å². The van der Waals surface area contributed by atoms with Gasteiger partial charge in [-0.3, -0.25) is 9.48 Å². The maximum atomic E-state index is 12.7. The van der Waals surface area contributed by atoms with Crippen molar-refractivity contribution in [3.8, 4) is 0 Å². The summed E-state index contributed by atoms with van der Waals surface area (Å²) in [6.45, 7) is -1.21. The average Bonchev–Trinajstić information content (AvgIpc) is 2.84. The van der Waals surface area contributed by atoms with E-state index in [-0.39, 0.29) is 11.3 Å². The van der Waals surface area contributed by atoms with Gasteiger partial charge < -0.3 is 0 Å². The van der Waals surface area contributed by atoms with Crippen molar-refractivity contribution in [1.29, 1.82) is 0 Å². The predicted molar refractivity (Wildman–Crippen MR) is 69.7 cm³/mol. The van der Waals surface area contributed by atoms with Crippen molar-refractivity contribution in [3.63, 3.8) is 0 Å². The van der Waals surface area contributed by atoms with Crippen molar-refractivity contribution in [2.75, 3.05) is 0 Å². The van der Waals surface area contributed by atoms with Gasteiger partial charge in [-0.05, 0) is 30.3 Å². The molecule has 0 aliphatic heterocycles. The van der Waals surface area contributed by atoms with Crippen molar-refractivity contribution < 1.29 is 22.4 Å². The molecule has 0 spiro atoms. The zero-order valence-electron chi connectivity index (χ0n) is 11.0. The molecule has 0 fully saturated rings. The van der Waals surface area contributed by atoms with E-state index >= 15 is 0 Å². The number of carbonyl (C=O) groups excluding carboxylic acids is 1. The van der Waals surface area contributed by atoms with Gasteiger partial charge in [0.15, 0.2) is 0 Å². The van der Waals surface area contributed by atoms with E-state index in [2.05, 4.69) is 15.6 Å². The second-order valence-corrected chi connectivity index (χ2v) is 4.26. The zero-order valence-corrected chi connectivity index (χ0v) is 11.0. The number of nitrogens with zero attached hydrogens (tertiary/aromatic N) is 3. The van der Waals surface area contributed by atoms with Crippen LogP contribution in [0.4, 0.5) is 17.6 Å². The van der Waals surface area contributed by atoms with Crippen LogP contribution in [-0.2, 0) is 6.54 Å². The number of benzene rings is 1. The lowest BCUT2D eigenvalue weighted by Gasteiger charge is -2.04. The normalized spacial score (nSPS) is 11.8. The highest BCUT2D eigenvalue weighted by atomic mass is 19.4. The Bertz CT molecular complexity index is 676. The molecular formula is C13H10F4N4O. The number of nitrogens with one attached hydrogen (secondary N) is 1. The largest absolute Gasteiger partial charge is 0.408 e. The highest BCUT2D eigenvalue weighted by Crippen LogP contribution is 2.16. The quantitative estimate of drug-likeness (QED) is 0.535. The molecule has 116 valence electrons. The summed E-state index contributed by atoms with van der Waals surface area (Å²) in [6.07, 6.45) is -2.11. The van der Waals surface area contributed by atoms with Crippen LogP contribution in [0.5, 0.6) is 0 Å². The summed E-state index contributed by atoms with van der Waals surface area (Å²) in [4.78, 5) is 11.6. The summed E-state index contributed by atoms with van der Waals surface area (Å²) in [6, 6.07) is 6.12. The van der Waals surface area contributed by atoms with E-state index in [1.165, 1.54) is 18.2 Å². The van der Waals surface area contributed by atoms with E-state index in [1.54, 1.807) is 0 Å². The van der Waals surface area contributed by atoms with Crippen LogP contribution >= 0.6 is 0 Å². The molecule has 1 aromatic heterocycles. The summed E-state index contributed by atoms with van der Waals surface area (Å²) in [5.74, 6) is -1.05. The molecule has 0 radical (unpaired) electrons. The van der Waals surface area contributed by atoms with Gasteiger partial charge >= 0.3 is 6.18 Å². The Morgan fingerprint density at radius 2 is 1.95 bits per heavy atom. The molecule has 5 nitrogen and oxygen atoms in total. The molecule has 1 heterocycles. The number of aromatic nitrogens is 2. The molecule has 0 atom stereocenters. The van der Waals surface area contributed by atoms with Gasteiger partial charge in [-0.25, -0.2) is 9.82 Å². The SMILES string of the molecule is O=C(NN=Cc1ccn(CC(F)(F)F)n1)c1ccc(F)cc1. The lowest BCUT2D eigenvalue weighted by atomic mass is 10.2. The first-order chi connectivity index (χ1) is 10.3. The van der Waals surface area contributed by atoms with Gasteiger partial charge in [0.2, 0.25) is 0 Å². The third-order valence-corrected chi connectivity index (χ3v) is 2.47. The number of hydrogen-bond donors (Lipinski definition) is 1. The first kappa shape index (κ1) is 15.7. The molecule has 2 aromatic rings. The number of rotatable bonds is 4. The lowest BCUT2D eigenvalue weighted by molar-refractivity contribution is -0.142. The number of halogens is 4. The van der Waals surface area contributed by atoms with Gasteiger partial charge in [0.05, 0.1) is 6.21 Å². The summed E-state index contributed by atoms with van der Waals surface area (Å²) in [5.41, 5.74) is 2.51. The van der Waals surface area contributed by atoms with Gasteiger partial charge in [0.1, 0.15) is 18.1 Å². The molecule has 9 heteroatoms.